The van der Waals surface area contributed by atoms with Crippen LogP contribution in [0.1, 0.15) is 12.0 Å². The fraction of sp³-hybridized carbons (Fsp3) is 0.267. The number of carbonyl (C=O) groups excluding carboxylic acids is 2. The monoisotopic (exact) mass is 324 g/mol. The van der Waals surface area contributed by atoms with Gasteiger partial charge in [-0.25, -0.2) is 9.59 Å². The highest BCUT2D eigenvalue weighted by atomic mass is 16.5. The number of aliphatic carboxylic acids is 1. The number of esters is 2. The zero-order valence-electron chi connectivity index (χ0n) is 12.3. The molecule has 0 saturated heterocycles. The van der Waals surface area contributed by atoms with Gasteiger partial charge in [0.2, 0.25) is 0 Å². The number of aliphatic hydroxyl groups excluding tert-OH is 1. The number of phenols is 1. The van der Waals surface area contributed by atoms with Gasteiger partial charge in [-0.3, -0.25) is 4.79 Å². The molecule has 8 nitrogen and oxygen atoms in total. The number of carboxylic acid groups (broad SMARTS) is 1. The molecular weight excluding hydrogens is 308 g/mol. The first-order chi connectivity index (χ1) is 10.8. The van der Waals surface area contributed by atoms with Crippen LogP contribution in [0.3, 0.4) is 0 Å². The maximum absolute atomic E-state index is 11.5. The van der Waals surface area contributed by atoms with Crippen molar-refractivity contribution in [1.29, 1.82) is 0 Å². The number of allylic oxidation sites excluding steroid dienone is 1. The highest BCUT2D eigenvalue weighted by Gasteiger charge is 2.20. The minimum absolute atomic E-state index is 0.170. The van der Waals surface area contributed by atoms with E-state index in [2.05, 4.69) is 4.74 Å². The Morgan fingerprint density at radius 1 is 1.30 bits per heavy atom. The van der Waals surface area contributed by atoms with Crippen LogP contribution in [0.4, 0.5) is 0 Å². The molecule has 3 N–H and O–H groups in total. The highest BCUT2D eigenvalue weighted by Crippen LogP contribution is 2.27. The Morgan fingerprint density at radius 3 is 2.61 bits per heavy atom. The molecule has 0 fully saturated rings. The minimum Gasteiger partial charge on any atom is -0.504 e. The van der Waals surface area contributed by atoms with Gasteiger partial charge in [0.1, 0.15) is 0 Å². The lowest BCUT2D eigenvalue weighted by molar-refractivity contribution is -0.152. The van der Waals surface area contributed by atoms with Gasteiger partial charge >= 0.3 is 17.9 Å². The summed E-state index contributed by atoms with van der Waals surface area (Å²) in [5, 5.41) is 27.2. The zero-order chi connectivity index (χ0) is 17.4. The first-order valence-corrected chi connectivity index (χ1v) is 6.51. The molecule has 1 aromatic rings. The molecular formula is C15H16O8. The molecule has 23 heavy (non-hydrogen) atoms. The van der Waals surface area contributed by atoms with Crippen LogP contribution in [-0.2, 0) is 25.5 Å². The van der Waals surface area contributed by atoms with Crippen LogP contribution in [0.15, 0.2) is 30.4 Å². The molecule has 0 amide bonds. The van der Waals surface area contributed by atoms with Gasteiger partial charge in [0.15, 0.2) is 17.6 Å². The van der Waals surface area contributed by atoms with Crippen molar-refractivity contribution in [3.05, 3.63) is 35.9 Å². The Bertz CT molecular complexity index is 620. The van der Waals surface area contributed by atoms with Crippen molar-refractivity contribution in [2.24, 2.45) is 0 Å². The molecule has 1 rings (SSSR count). The van der Waals surface area contributed by atoms with Crippen LogP contribution in [0.2, 0.25) is 0 Å². The van der Waals surface area contributed by atoms with Gasteiger partial charge in [0.25, 0.3) is 0 Å². The van der Waals surface area contributed by atoms with Crippen LogP contribution >= 0.6 is 0 Å². The summed E-state index contributed by atoms with van der Waals surface area (Å²) in [6.45, 7) is 0. The molecule has 1 aromatic carbocycles. The number of carboxylic acids is 1. The second-order valence-corrected chi connectivity index (χ2v) is 4.46. The highest BCUT2D eigenvalue weighted by molar-refractivity contribution is 5.82. The molecule has 0 radical (unpaired) electrons. The van der Waals surface area contributed by atoms with Crippen LogP contribution in [0, 0.1) is 0 Å². The van der Waals surface area contributed by atoms with Crippen molar-refractivity contribution in [2.75, 3.05) is 7.11 Å². The minimum atomic E-state index is -1.88. The van der Waals surface area contributed by atoms with Gasteiger partial charge in [-0.05, 0) is 24.1 Å². The van der Waals surface area contributed by atoms with Gasteiger partial charge in [-0.2, -0.15) is 0 Å². The van der Waals surface area contributed by atoms with Gasteiger partial charge < -0.3 is 24.8 Å². The van der Waals surface area contributed by atoms with Crippen molar-refractivity contribution in [2.45, 2.75) is 18.9 Å². The van der Waals surface area contributed by atoms with Crippen molar-refractivity contribution < 1.29 is 39.2 Å². The van der Waals surface area contributed by atoms with E-state index in [0.29, 0.717) is 12.0 Å². The maximum atomic E-state index is 11.5. The summed E-state index contributed by atoms with van der Waals surface area (Å²) in [6, 6.07) is 4.21. The summed E-state index contributed by atoms with van der Waals surface area (Å²) in [6.07, 6.45) is 0.439. The van der Waals surface area contributed by atoms with E-state index in [4.69, 9.17) is 14.9 Å². The second kappa shape index (κ2) is 8.54. The number of aromatic hydroxyl groups is 1. The Hall–Kier alpha value is -2.87. The van der Waals surface area contributed by atoms with Crippen LogP contribution < -0.4 is 4.74 Å². The molecule has 0 aliphatic carbocycles. The number of hydrogen-bond donors (Lipinski definition) is 3. The predicted molar refractivity (Wildman–Crippen MR) is 76.9 cm³/mol. The lowest BCUT2D eigenvalue weighted by Crippen LogP contribution is -2.25. The lowest BCUT2D eigenvalue weighted by Gasteiger charge is -2.09. The van der Waals surface area contributed by atoms with E-state index in [1.54, 1.807) is 6.07 Å². The average Bonchev–Trinajstić information content (AvgIpc) is 2.49. The molecule has 124 valence electrons. The van der Waals surface area contributed by atoms with Crippen LogP contribution in [0.5, 0.6) is 11.5 Å². The smallest absolute Gasteiger partial charge is 0.333 e. The summed E-state index contributed by atoms with van der Waals surface area (Å²) in [5.74, 6) is -3.55. The normalized spacial score (nSPS) is 11.9. The molecule has 0 bridgehead atoms. The SMILES string of the molecule is COC(=O)/C=C/Cc1ccc(O)c(OC(=O)CC(O)C(=O)O)c1. The second-order valence-electron chi connectivity index (χ2n) is 4.46. The number of hydrogen-bond acceptors (Lipinski definition) is 7. The Balaban J connectivity index is 2.73. The Labute approximate surface area is 131 Å². The molecule has 1 unspecified atom stereocenters. The number of rotatable bonds is 7. The van der Waals surface area contributed by atoms with E-state index in [9.17, 15) is 19.5 Å². The van der Waals surface area contributed by atoms with Crippen molar-refractivity contribution in [3.8, 4) is 11.5 Å². The number of ether oxygens (including phenoxy) is 2. The third kappa shape index (κ3) is 6.18. The molecule has 0 heterocycles. The fourth-order valence-corrected chi connectivity index (χ4v) is 1.54. The summed E-state index contributed by atoms with van der Waals surface area (Å²) in [5.41, 5.74) is 0.629. The van der Waals surface area contributed by atoms with E-state index in [0.717, 1.165) is 0 Å². The van der Waals surface area contributed by atoms with E-state index < -0.39 is 30.4 Å². The first kappa shape index (κ1) is 18.2. The largest absolute Gasteiger partial charge is 0.504 e. The Morgan fingerprint density at radius 2 is 2.00 bits per heavy atom. The Kier molecular flexibility index (Phi) is 6.75. The zero-order valence-corrected chi connectivity index (χ0v) is 12.3. The van der Waals surface area contributed by atoms with E-state index in [-0.39, 0.29) is 11.5 Å². The van der Waals surface area contributed by atoms with E-state index in [1.807, 2.05) is 0 Å². The van der Waals surface area contributed by atoms with E-state index >= 15 is 0 Å². The third-order valence-corrected chi connectivity index (χ3v) is 2.70. The van der Waals surface area contributed by atoms with Gasteiger partial charge in [-0.15, -0.1) is 0 Å². The molecule has 1 atom stereocenters. The number of methoxy groups -OCH3 is 1. The molecule has 0 aliphatic heterocycles. The lowest BCUT2D eigenvalue weighted by atomic mass is 10.1. The molecule has 0 spiro atoms. The number of phenolic OH excluding ortho intramolecular Hbond substituents is 1. The summed E-state index contributed by atoms with van der Waals surface area (Å²) < 4.78 is 9.26. The summed E-state index contributed by atoms with van der Waals surface area (Å²) in [7, 11) is 1.25. The summed E-state index contributed by atoms with van der Waals surface area (Å²) >= 11 is 0. The van der Waals surface area contributed by atoms with Crippen LogP contribution in [-0.4, -0.2) is 46.4 Å². The van der Waals surface area contributed by atoms with Crippen molar-refractivity contribution >= 4 is 17.9 Å². The van der Waals surface area contributed by atoms with Gasteiger partial charge in [-0.1, -0.05) is 12.1 Å². The maximum Gasteiger partial charge on any atom is 0.333 e. The van der Waals surface area contributed by atoms with E-state index in [1.165, 1.54) is 31.4 Å². The molecule has 0 aliphatic rings. The number of carbonyl (C=O) groups is 3. The third-order valence-electron chi connectivity index (χ3n) is 2.70. The fourth-order valence-electron chi connectivity index (χ4n) is 1.54. The predicted octanol–water partition coefficient (Wildman–Crippen LogP) is 0.405. The van der Waals surface area contributed by atoms with Crippen molar-refractivity contribution in [3.63, 3.8) is 0 Å². The number of aliphatic hydroxyl groups is 1. The van der Waals surface area contributed by atoms with Gasteiger partial charge in [0, 0.05) is 6.08 Å². The van der Waals surface area contributed by atoms with Crippen molar-refractivity contribution in [1.82, 2.24) is 0 Å². The van der Waals surface area contributed by atoms with Gasteiger partial charge in [0.05, 0.1) is 13.5 Å². The molecule has 8 heteroatoms. The standard InChI is InChI=1S/C15H16O8/c1-22-13(18)4-2-3-9-5-6-10(16)12(7-9)23-14(19)8-11(17)15(20)21/h2,4-7,11,16-17H,3,8H2,1H3,(H,20,21)/b4-2+. The topological polar surface area (TPSA) is 130 Å². The molecule has 0 aromatic heterocycles. The number of benzene rings is 1. The first-order valence-electron chi connectivity index (χ1n) is 6.51. The van der Waals surface area contributed by atoms with Crippen LogP contribution in [0.25, 0.3) is 0 Å². The molecule has 0 saturated carbocycles. The quantitative estimate of drug-likeness (QED) is 0.373. The average molecular weight is 324 g/mol. The summed E-state index contributed by atoms with van der Waals surface area (Å²) in [4.78, 5) is 32.9.